The zero-order valence-corrected chi connectivity index (χ0v) is 16.6. The molecule has 2 aromatic rings. The van der Waals surface area contributed by atoms with E-state index in [0.29, 0.717) is 28.7 Å². The summed E-state index contributed by atoms with van der Waals surface area (Å²) in [6.07, 6.45) is 2.87. The van der Waals surface area contributed by atoms with Crippen LogP contribution in [0.3, 0.4) is 0 Å². The molecule has 1 aliphatic carbocycles. The summed E-state index contributed by atoms with van der Waals surface area (Å²) in [7, 11) is 0. The molecule has 1 amide bonds. The Labute approximate surface area is 158 Å². The number of fused-ring (bicyclic) bond motifs is 1. The average Bonchev–Trinajstić information content (AvgIpc) is 2.94. The predicted molar refractivity (Wildman–Crippen MR) is 105 cm³/mol. The summed E-state index contributed by atoms with van der Waals surface area (Å²) in [5.41, 5.74) is 4.43. The number of ether oxygens (including phenoxy) is 1. The summed E-state index contributed by atoms with van der Waals surface area (Å²) in [6, 6.07) is 5.64. The van der Waals surface area contributed by atoms with Crippen molar-refractivity contribution in [1.82, 2.24) is 0 Å². The third-order valence-corrected chi connectivity index (χ3v) is 6.16. The Balaban J connectivity index is 1.94. The number of anilines is 1. The first-order valence-corrected chi connectivity index (χ1v) is 9.92. The molecule has 0 radical (unpaired) electrons. The van der Waals surface area contributed by atoms with Crippen LogP contribution in [-0.2, 0) is 17.6 Å². The first-order valence-electron chi connectivity index (χ1n) is 9.11. The number of carbonyl (C=O) groups is 2. The maximum Gasteiger partial charge on any atom is 0.341 e. The summed E-state index contributed by atoms with van der Waals surface area (Å²) in [5.74, 6) is 0.0692. The van der Waals surface area contributed by atoms with Crippen LogP contribution in [0, 0.1) is 19.8 Å². The van der Waals surface area contributed by atoms with Crippen LogP contribution in [0.1, 0.15) is 62.6 Å². The number of hydrogen-bond acceptors (Lipinski definition) is 4. The van der Waals surface area contributed by atoms with E-state index < -0.39 is 0 Å². The van der Waals surface area contributed by atoms with Gasteiger partial charge in [0.15, 0.2) is 0 Å². The first kappa shape index (κ1) is 18.6. The lowest BCUT2D eigenvalue weighted by Crippen LogP contribution is -2.16. The molecule has 1 heterocycles. The first-order chi connectivity index (χ1) is 12.4. The predicted octanol–water partition coefficient (Wildman–Crippen LogP) is 4.92. The van der Waals surface area contributed by atoms with Gasteiger partial charge in [0, 0.05) is 10.4 Å². The van der Waals surface area contributed by atoms with E-state index in [0.717, 1.165) is 36.0 Å². The highest BCUT2D eigenvalue weighted by molar-refractivity contribution is 7.17. The molecule has 1 aromatic heterocycles. The van der Waals surface area contributed by atoms with Crippen LogP contribution in [0.5, 0.6) is 0 Å². The molecule has 0 saturated carbocycles. The third kappa shape index (κ3) is 3.68. The molecule has 26 heavy (non-hydrogen) atoms. The zero-order valence-electron chi connectivity index (χ0n) is 15.8. The minimum atomic E-state index is -0.338. The standard InChI is InChI=1S/C21H25NO3S/c1-5-25-21(24)18-16-9-6-12(2)10-17(16)26-20(18)22-19(23)15-8-7-13(3)14(4)11-15/h7-8,11-12H,5-6,9-10H2,1-4H3,(H,22,23). The second kappa shape index (κ2) is 7.62. The smallest absolute Gasteiger partial charge is 0.341 e. The van der Waals surface area contributed by atoms with E-state index in [-0.39, 0.29) is 11.9 Å². The Morgan fingerprint density at radius 2 is 2.04 bits per heavy atom. The van der Waals surface area contributed by atoms with E-state index >= 15 is 0 Å². The van der Waals surface area contributed by atoms with Crippen molar-refractivity contribution in [3.05, 3.63) is 50.9 Å². The van der Waals surface area contributed by atoms with Crippen molar-refractivity contribution in [2.24, 2.45) is 5.92 Å². The van der Waals surface area contributed by atoms with Gasteiger partial charge in [0.05, 0.1) is 12.2 Å². The van der Waals surface area contributed by atoms with Crippen LogP contribution in [0.4, 0.5) is 5.00 Å². The maximum atomic E-state index is 12.7. The van der Waals surface area contributed by atoms with Crippen LogP contribution < -0.4 is 5.32 Å². The van der Waals surface area contributed by atoms with Gasteiger partial charge < -0.3 is 10.1 Å². The highest BCUT2D eigenvalue weighted by Crippen LogP contribution is 2.40. The summed E-state index contributed by atoms with van der Waals surface area (Å²) < 4.78 is 5.26. The van der Waals surface area contributed by atoms with Crippen molar-refractivity contribution in [3.63, 3.8) is 0 Å². The molecular weight excluding hydrogens is 346 g/mol. The normalized spacial score (nSPS) is 16.1. The molecule has 0 aliphatic heterocycles. The molecule has 0 fully saturated rings. The van der Waals surface area contributed by atoms with E-state index in [1.165, 1.54) is 16.2 Å². The van der Waals surface area contributed by atoms with Gasteiger partial charge in [-0.05, 0) is 74.8 Å². The SMILES string of the molecule is CCOC(=O)c1c(NC(=O)c2ccc(C)c(C)c2)sc2c1CCC(C)C2. The van der Waals surface area contributed by atoms with Crippen LogP contribution >= 0.6 is 11.3 Å². The number of aryl methyl sites for hydroxylation is 2. The highest BCUT2D eigenvalue weighted by Gasteiger charge is 2.29. The van der Waals surface area contributed by atoms with Gasteiger partial charge in [-0.3, -0.25) is 4.79 Å². The van der Waals surface area contributed by atoms with Gasteiger partial charge in [0.2, 0.25) is 0 Å². The number of amides is 1. The molecule has 138 valence electrons. The minimum Gasteiger partial charge on any atom is -0.462 e. The molecule has 1 N–H and O–H groups in total. The van der Waals surface area contributed by atoms with Gasteiger partial charge in [0.1, 0.15) is 5.00 Å². The van der Waals surface area contributed by atoms with Gasteiger partial charge in [-0.15, -0.1) is 11.3 Å². The maximum absolute atomic E-state index is 12.7. The number of thiophene rings is 1. The molecule has 1 unspecified atom stereocenters. The molecule has 1 aromatic carbocycles. The van der Waals surface area contributed by atoms with Crippen molar-refractivity contribution in [2.75, 3.05) is 11.9 Å². The fourth-order valence-electron chi connectivity index (χ4n) is 3.32. The molecule has 0 bridgehead atoms. The van der Waals surface area contributed by atoms with Crippen LogP contribution in [0.25, 0.3) is 0 Å². The van der Waals surface area contributed by atoms with Crippen LogP contribution in [-0.4, -0.2) is 18.5 Å². The molecule has 1 atom stereocenters. The van der Waals surface area contributed by atoms with Gasteiger partial charge in [-0.1, -0.05) is 13.0 Å². The topological polar surface area (TPSA) is 55.4 Å². The number of benzene rings is 1. The molecular formula is C21H25NO3S. The van der Waals surface area contributed by atoms with E-state index in [1.807, 2.05) is 32.0 Å². The van der Waals surface area contributed by atoms with E-state index in [9.17, 15) is 9.59 Å². The van der Waals surface area contributed by atoms with Crippen molar-refractivity contribution in [3.8, 4) is 0 Å². The average molecular weight is 372 g/mol. The van der Waals surface area contributed by atoms with Crippen molar-refractivity contribution < 1.29 is 14.3 Å². The molecule has 0 saturated heterocycles. The van der Waals surface area contributed by atoms with Gasteiger partial charge >= 0.3 is 5.97 Å². The Kier molecular flexibility index (Phi) is 5.47. The number of hydrogen-bond donors (Lipinski definition) is 1. The summed E-state index contributed by atoms with van der Waals surface area (Å²) in [6.45, 7) is 8.35. The third-order valence-electron chi connectivity index (χ3n) is 4.99. The fourth-order valence-corrected chi connectivity index (χ4v) is 4.71. The molecule has 4 nitrogen and oxygen atoms in total. The largest absolute Gasteiger partial charge is 0.462 e. The lowest BCUT2D eigenvalue weighted by Gasteiger charge is -2.18. The Hall–Kier alpha value is -2.14. The Morgan fingerprint density at radius 3 is 2.73 bits per heavy atom. The van der Waals surface area contributed by atoms with Crippen molar-refractivity contribution in [2.45, 2.75) is 47.0 Å². The zero-order chi connectivity index (χ0) is 18.8. The second-order valence-corrected chi connectivity index (χ2v) is 8.13. The second-order valence-electron chi connectivity index (χ2n) is 7.03. The number of rotatable bonds is 4. The lowest BCUT2D eigenvalue weighted by atomic mass is 9.88. The number of nitrogens with one attached hydrogen (secondary N) is 1. The van der Waals surface area contributed by atoms with E-state index in [2.05, 4.69) is 12.2 Å². The minimum absolute atomic E-state index is 0.190. The quantitative estimate of drug-likeness (QED) is 0.776. The molecule has 3 rings (SSSR count). The van der Waals surface area contributed by atoms with Crippen molar-refractivity contribution in [1.29, 1.82) is 0 Å². The van der Waals surface area contributed by atoms with E-state index in [1.54, 1.807) is 6.92 Å². The fraction of sp³-hybridized carbons (Fsp3) is 0.429. The van der Waals surface area contributed by atoms with Crippen molar-refractivity contribution >= 4 is 28.2 Å². The summed E-state index contributed by atoms with van der Waals surface area (Å²) in [5, 5.41) is 3.58. The summed E-state index contributed by atoms with van der Waals surface area (Å²) >= 11 is 1.52. The summed E-state index contributed by atoms with van der Waals surface area (Å²) in [4.78, 5) is 26.5. The van der Waals surface area contributed by atoms with Crippen LogP contribution in [0.15, 0.2) is 18.2 Å². The Morgan fingerprint density at radius 1 is 1.27 bits per heavy atom. The monoisotopic (exact) mass is 371 g/mol. The van der Waals surface area contributed by atoms with Gasteiger partial charge in [-0.25, -0.2) is 4.79 Å². The molecule has 0 spiro atoms. The highest BCUT2D eigenvalue weighted by atomic mass is 32.1. The van der Waals surface area contributed by atoms with Gasteiger partial charge in [-0.2, -0.15) is 0 Å². The lowest BCUT2D eigenvalue weighted by molar-refractivity contribution is 0.0526. The number of esters is 1. The van der Waals surface area contributed by atoms with Gasteiger partial charge in [0.25, 0.3) is 5.91 Å². The Bertz CT molecular complexity index is 853. The number of carbonyl (C=O) groups excluding carboxylic acids is 2. The molecule has 1 aliphatic rings. The molecule has 5 heteroatoms. The van der Waals surface area contributed by atoms with Crippen LogP contribution in [0.2, 0.25) is 0 Å². The van der Waals surface area contributed by atoms with E-state index in [4.69, 9.17) is 4.74 Å².